The number of hydrogen-bond donors (Lipinski definition) is 4. The van der Waals surface area contributed by atoms with Gasteiger partial charge >= 0.3 is 0 Å². The van der Waals surface area contributed by atoms with Crippen LogP contribution < -0.4 is 5.73 Å². The molecule has 9 nitrogen and oxygen atoms in total. The SMILES string of the molecule is Nc1ncnc2cc([C@@H]3O[C@H](CO)[C@@H](O)[C@H]3O)nn12. The molecule has 0 aliphatic carbocycles. The lowest BCUT2D eigenvalue weighted by atomic mass is 10.1. The van der Waals surface area contributed by atoms with Crippen molar-refractivity contribution in [1.29, 1.82) is 0 Å². The first-order valence-corrected chi connectivity index (χ1v) is 5.70. The van der Waals surface area contributed by atoms with E-state index in [1.807, 2.05) is 0 Å². The Morgan fingerprint density at radius 3 is 2.74 bits per heavy atom. The molecule has 3 rings (SSSR count). The monoisotopic (exact) mass is 267 g/mol. The molecule has 5 N–H and O–H groups in total. The van der Waals surface area contributed by atoms with Crippen molar-refractivity contribution >= 4 is 11.6 Å². The van der Waals surface area contributed by atoms with Crippen LogP contribution in [0.4, 0.5) is 5.95 Å². The van der Waals surface area contributed by atoms with Crippen molar-refractivity contribution in [3.63, 3.8) is 0 Å². The third-order valence-corrected chi connectivity index (χ3v) is 3.14. The van der Waals surface area contributed by atoms with Gasteiger partial charge in [0.2, 0.25) is 5.95 Å². The lowest BCUT2D eigenvalue weighted by molar-refractivity contribution is -0.0240. The molecule has 2 aromatic heterocycles. The molecule has 1 fully saturated rings. The second-order valence-electron chi connectivity index (χ2n) is 4.33. The maximum absolute atomic E-state index is 9.90. The van der Waals surface area contributed by atoms with E-state index in [2.05, 4.69) is 15.1 Å². The topological polar surface area (TPSA) is 139 Å². The van der Waals surface area contributed by atoms with Crippen LogP contribution in [0, 0.1) is 0 Å². The smallest absolute Gasteiger partial charge is 0.224 e. The Kier molecular flexibility index (Phi) is 2.82. The van der Waals surface area contributed by atoms with Crippen molar-refractivity contribution in [1.82, 2.24) is 19.6 Å². The van der Waals surface area contributed by atoms with Crippen LogP contribution in [0.1, 0.15) is 11.8 Å². The molecule has 0 bridgehead atoms. The van der Waals surface area contributed by atoms with Crippen molar-refractivity contribution in [2.24, 2.45) is 0 Å². The minimum atomic E-state index is -1.17. The maximum atomic E-state index is 9.90. The van der Waals surface area contributed by atoms with Gasteiger partial charge in [0.25, 0.3) is 0 Å². The van der Waals surface area contributed by atoms with Gasteiger partial charge in [-0.25, -0.2) is 9.97 Å². The minimum Gasteiger partial charge on any atom is -0.394 e. The van der Waals surface area contributed by atoms with E-state index in [9.17, 15) is 10.2 Å². The standard InChI is InChI=1S/C10H13N5O4/c11-10-13-3-12-6-1-4(14-15(6)10)9-8(18)7(17)5(2-16)19-9/h1,3,5,7-9,16-18H,2H2,(H2,11,12,13)/t5-,7-,8-,9+/m1/s1. The number of nitrogens with zero attached hydrogens (tertiary/aromatic N) is 4. The van der Waals surface area contributed by atoms with Gasteiger partial charge in [-0.15, -0.1) is 0 Å². The molecule has 0 radical (unpaired) electrons. The predicted octanol–water partition coefficient (Wildman–Crippen LogP) is -2.14. The van der Waals surface area contributed by atoms with E-state index in [0.717, 1.165) is 0 Å². The second kappa shape index (κ2) is 4.38. The molecule has 4 atom stereocenters. The Hall–Kier alpha value is -1.81. The summed E-state index contributed by atoms with van der Waals surface area (Å²) in [5.74, 6) is 0.156. The van der Waals surface area contributed by atoms with Gasteiger partial charge in [-0.1, -0.05) is 0 Å². The summed E-state index contributed by atoms with van der Waals surface area (Å²) in [6.07, 6.45) is -2.71. The average molecular weight is 267 g/mol. The van der Waals surface area contributed by atoms with E-state index < -0.39 is 24.4 Å². The Labute approximate surface area is 107 Å². The molecule has 2 aromatic rings. The second-order valence-corrected chi connectivity index (χ2v) is 4.33. The van der Waals surface area contributed by atoms with Crippen LogP contribution in [0.15, 0.2) is 12.4 Å². The van der Waals surface area contributed by atoms with Crippen molar-refractivity contribution in [2.45, 2.75) is 24.4 Å². The van der Waals surface area contributed by atoms with Crippen molar-refractivity contribution < 1.29 is 20.1 Å². The number of anilines is 1. The van der Waals surface area contributed by atoms with Gasteiger partial charge in [0, 0.05) is 6.07 Å². The van der Waals surface area contributed by atoms with Crippen LogP contribution in [0.3, 0.4) is 0 Å². The molecule has 0 spiro atoms. The highest BCUT2D eigenvalue weighted by Crippen LogP contribution is 2.33. The Morgan fingerprint density at radius 2 is 2.11 bits per heavy atom. The number of nitrogen functional groups attached to an aromatic ring is 1. The summed E-state index contributed by atoms with van der Waals surface area (Å²) in [5, 5.41) is 32.8. The lowest BCUT2D eigenvalue weighted by Crippen LogP contribution is -2.32. The zero-order chi connectivity index (χ0) is 13.6. The number of rotatable bonds is 2. The molecule has 19 heavy (non-hydrogen) atoms. The van der Waals surface area contributed by atoms with Crippen molar-refractivity contribution in [2.75, 3.05) is 12.3 Å². The van der Waals surface area contributed by atoms with Gasteiger partial charge < -0.3 is 25.8 Å². The summed E-state index contributed by atoms with van der Waals surface area (Å²) in [7, 11) is 0. The average Bonchev–Trinajstić information content (AvgIpc) is 2.94. The summed E-state index contributed by atoms with van der Waals surface area (Å²) in [6, 6.07) is 1.58. The molecule has 9 heteroatoms. The zero-order valence-corrected chi connectivity index (χ0v) is 9.79. The molecule has 0 saturated carbocycles. The summed E-state index contributed by atoms with van der Waals surface area (Å²) in [5.41, 5.74) is 6.47. The molecule has 1 aliphatic heterocycles. The highest BCUT2D eigenvalue weighted by Gasteiger charge is 2.44. The first-order chi connectivity index (χ1) is 9.11. The molecule has 0 amide bonds. The largest absolute Gasteiger partial charge is 0.394 e. The molecule has 102 valence electrons. The van der Waals surface area contributed by atoms with Crippen LogP contribution in [0.5, 0.6) is 0 Å². The summed E-state index contributed by atoms with van der Waals surface area (Å²) >= 11 is 0. The Balaban J connectivity index is 1.99. The van der Waals surface area contributed by atoms with E-state index in [4.69, 9.17) is 15.6 Å². The molecular weight excluding hydrogens is 254 g/mol. The minimum absolute atomic E-state index is 0.156. The van der Waals surface area contributed by atoms with Gasteiger partial charge in [0.15, 0.2) is 5.65 Å². The number of fused-ring (bicyclic) bond motifs is 1. The fourth-order valence-corrected chi connectivity index (χ4v) is 2.13. The van der Waals surface area contributed by atoms with Crippen LogP contribution in [-0.2, 0) is 4.74 Å². The normalized spacial score (nSPS) is 31.1. The number of aliphatic hydroxyl groups is 3. The first-order valence-electron chi connectivity index (χ1n) is 5.70. The van der Waals surface area contributed by atoms with Crippen molar-refractivity contribution in [3.8, 4) is 0 Å². The van der Waals surface area contributed by atoms with Crippen LogP contribution in [0.2, 0.25) is 0 Å². The molecule has 1 aliphatic rings. The van der Waals surface area contributed by atoms with E-state index >= 15 is 0 Å². The highest BCUT2D eigenvalue weighted by atomic mass is 16.6. The number of nitrogens with two attached hydrogens (primary N) is 1. The Bertz CT molecular complexity index is 603. The van der Waals surface area contributed by atoms with Crippen molar-refractivity contribution in [3.05, 3.63) is 18.1 Å². The molecule has 0 aromatic carbocycles. The van der Waals surface area contributed by atoms with Crippen LogP contribution in [0.25, 0.3) is 5.65 Å². The molecule has 1 saturated heterocycles. The molecule has 0 unspecified atom stereocenters. The molecule has 3 heterocycles. The third kappa shape index (κ3) is 1.83. The first kappa shape index (κ1) is 12.2. The summed E-state index contributed by atoms with van der Waals surface area (Å²) in [6.45, 7) is -0.385. The van der Waals surface area contributed by atoms with E-state index in [0.29, 0.717) is 11.3 Å². The summed E-state index contributed by atoms with van der Waals surface area (Å²) < 4.78 is 6.69. The predicted molar refractivity (Wildman–Crippen MR) is 61.9 cm³/mol. The lowest BCUT2D eigenvalue weighted by Gasteiger charge is -2.11. The number of ether oxygens (including phenoxy) is 1. The number of hydrogen-bond acceptors (Lipinski definition) is 8. The summed E-state index contributed by atoms with van der Waals surface area (Å²) in [4.78, 5) is 7.76. The number of aliphatic hydroxyl groups excluding tert-OH is 3. The van der Waals surface area contributed by atoms with Gasteiger partial charge in [0.1, 0.15) is 30.7 Å². The van der Waals surface area contributed by atoms with Gasteiger partial charge in [-0.05, 0) is 0 Å². The van der Waals surface area contributed by atoms with Gasteiger partial charge in [-0.2, -0.15) is 9.61 Å². The van der Waals surface area contributed by atoms with Crippen LogP contribution in [-0.4, -0.2) is 59.8 Å². The quantitative estimate of drug-likeness (QED) is 0.483. The zero-order valence-electron chi connectivity index (χ0n) is 9.79. The molecular formula is C10H13N5O4. The fourth-order valence-electron chi connectivity index (χ4n) is 2.13. The fraction of sp³-hybridized carbons (Fsp3) is 0.500. The third-order valence-electron chi connectivity index (χ3n) is 3.14. The van der Waals surface area contributed by atoms with E-state index in [1.165, 1.54) is 10.8 Å². The maximum Gasteiger partial charge on any atom is 0.224 e. The van der Waals surface area contributed by atoms with Crippen LogP contribution >= 0.6 is 0 Å². The highest BCUT2D eigenvalue weighted by molar-refractivity contribution is 5.43. The number of aromatic nitrogens is 4. The van der Waals surface area contributed by atoms with E-state index in [-0.39, 0.29) is 12.6 Å². The van der Waals surface area contributed by atoms with Gasteiger partial charge in [0.05, 0.1) is 12.3 Å². The van der Waals surface area contributed by atoms with E-state index in [1.54, 1.807) is 6.07 Å². The Morgan fingerprint density at radius 1 is 1.32 bits per heavy atom. The van der Waals surface area contributed by atoms with Gasteiger partial charge in [-0.3, -0.25) is 0 Å².